The summed E-state index contributed by atoms with van der Waals surface area (Å²) in [5.74, 6) is -0.921. The van der Waals surface area contributed by atoms with E-state index in [1.807, 2.05) is 16.7 Å². The third-order valence-electron chi connectivity index (χ3n) is 3.05. The van der Waals surface area contributed by atoms with Crippen molar-refractivity contribution < 1.29 is 15.0 Å². The van der Waals surface area contributed by atoms with Crippen LogP contribution < -0.4 is 0 Å². The van der Waals surface area contributed by atoms with Crippen molar-refractivity contribution in [2.24, 2.45) is 0 Å². The number of aromatic nitrogens is 2. The SMILES string of the molecule is O=C(O)c1cccc(Cc2cn3c(CO)cnc3s2)c1. The lowest BCUT2D eigenvalue weighted by Crippen LogP contribution is -1.97. The van der Waals surface area contributed by atoms with Crippen molar-refractivity contribution in [2.75, 3.05) is 0 Å². The van der Waals surface area contributed by atoms with Gasteiger partial charge in [-0.05, 0) is 17.7 Å². The molecule has 2 N–H and O–H groups in total. The summed E-state index contributed by atoms with van der Waals surface area (Å²) >= 11 is 1.54. The number of imidazole rings is 1. The van der Waals surface area contributed by atoms with Crippen LogP contribution in [0.3, 0.4) is 0 Å². The molecule has 6 heteroatoms. The molecule has 0 saturated heterocycles. The van der Waals surface area contributed by atoms with Crippen molar-refractivity contribution in [1.82, 2.24) is 9.38 Å². The summed E-state index contributed by atoms with van der Waals surface area (Å²) in [6.45, 7) is -0.0498. The number of aliphatic hydroxyl groups is 1. The number of hydrogen-bond acceptors (Lipinski definition) is 4. The molecule has 3 rings (SSSR count). The van der Waals surface area contributed by atoms with Crippen LogP contribution in [-0.2, 0) is 13.0 Å². The molecule has 0 unspecified atom stereocenters. The number of rotatable bonds is 4. The summed E-state index contributed by atoms with van der Waals surface area (Å²) in [5.41, 5.74) is 1.99. The first-order chi connectivity index (χ1) is 9.67. The van der Waals surface area contributed by atoms with Gasteiger partial charge >= 0.3 is 5.97 Å². The summed E-state index contributed by atoms with van der Waals surface area (Å²) in [6.07, 6.45) is 4.24. The monoisotopic (exact) mass is 288 g/mol. The zero-order valence-corrected chi connectivity index (χ0v) is 11.3. The van der Waals surface area contributed by atoms with Crippen molar-refractivity contribution in [3.05, 3.63) is 58.4 Å². The van der Waals surface area contributed by atoms with Crippen molar-refractivity contribution in [3.63, 3.8) is 0 Å². The maximum absolute atomic E-state index is 10.9. The van der Waals surface area contributed by atoms with Gasteiger partial charge < -0.3 is 10.2 Å². The number of benzene rings is 1. The van der Waals surface area contributed by atoms with Gasteiger partial charge in [0, 0.05) is 17.5 Å². The van der Waals surface area contributed by atoms with Crippen LogP contribution in [0, 0.1) is 0 Å². The normalized spacial score (nSPS) is 11.1. The van der Waals surface area contributed by atoms with E-state index in [9.17, 15) is 9.90 Å². The number of aromatic carboxylic acids is 1. The van der Waals surface area contributed by atoms with Crippen LogP contribution in [0.1, 0.15) is 26.5 Å². The molecule has 0 bridgehead atoms. The number of hydrogen-bond donors (Lipinski definition) is 2. The Bertz CT molecular complexity index is 776. The van der Waals surface area contributed by atoms with E-state index in [1.54, 1.807) is 24.4 Å². The zero-order valence-electron chi connectivity index (χ0n) is 10.5. The Hall–Kier alpha value is -2.18. The molecule has 2 heterocycles. The fourth-order valence-corrected chi connectivity index (χ4v) is 3.10. The van der Waals surface area contributed by atoms with E-state index in [-0.39, 0.29) is 6.61 Å². The van der Waals surface area contributed by atoms with Crippen LogP contribution in [0.4, 0.5) is 0 Å². The summed E-state index contributed by atoms with van der Waals surface area (Å²) < 4.78 is 1.86. The highest BCUT2D eigenvalue weighted by molar-refractivity contribution is 7.17. The third kappa shape index (κ3) is 2.31. The van der Waals surface area contributed by atoms with Gasteiger partial charge in [-0.3, -0.25) is 4.40 Å². The first-order valence-electron chi connectivity index (χ1n) is 6.05. The van der Waals surface area contributed by atoms with Crippen LogP contribution >= 0.6 is 11.3 Å². The molecule has 5 nitrogen and oxygen atoms in total. The average molecular weight is 288 g/mol. The maximum Gasteiger partial charge on any atom is 0.335 e. The minimum absolute atomic E-state index is 0.0498. The molecule has 2 aromatic heterocycles. The van der Waals surface area contributed by atoms with Crippen LogP contribution in [0.25, 0.3) is 4.96 Å². The second-order valence-electron chi connectivity index (χ2n) is 4.44. The molecule has 3 aromatic rings. The van der Waals surface area contributed by atoms with Gasteiger partial charge in [-0.15, -0.1) is 11.3 Å². The first kappa shape index (κ1) is 12.8. The number of carbonyl (C=O) groups is 1. The second-order valence-corrected chi connectivity index (χ2v) is 5.53. The molecule has 0 aliphatic heterocycles. The summed E-state index contributed by atoms with van der Waals surface area (Å²) in [7, 11) is 0. The van der Waals surface area contributed by atoms with Crippen LogP contribution in [0.5, 0.6) is 0 Å². The second kappa shape index (κ2) is 5.07. The zero-order chi connectivity index (χ0) is 14.1. The topological polar surface area (TPSA) is 74.8 Å². The van der Waals surface area contributed by atoms with E-state index < -0.39 is 5.97 Å². The van der Waals surface area contributed by atoms with E-state index in [2.05, 4.69) is 4.98 Å². The van der Waals surface area contributed by atoms with E-state index in [0.717, 1.165) is 21.1 Å². The standard InChI is InChI=1S/C14H12N2O3S/c17-8-11-6-15-14-16(11)7-12(20-14)5-9-2-1-3-10(4-9)13(18)19/h1-4,6-7,17H,5,8H2,(H,18,19). The van der Waals surface area contributed by atoms with Gasteiger partial charge in [-0.1, -0.05) is 12.1 Å². The fraction of sp³-hybridized carbons (Fsp3) is 0.143. The number of aliphatic hydroxyl groups excluding tert-OH is 1. The van der Waals surface area contributed by atoms with Crippen molar-refractivity contribution in [1.29, 1.82) is 0 Å². The molecule has 0 amide bonds. The first-order valence-corrected chi connectivity index (χ1v) is 6.87. The predicted octanol–water partition coefficient (Wildman–Crippen LogP) is 2.18. The lowest BCUT2D eigenvalue weighted by molar-refractivity contribution is 0.0696. The summed E-state index contributed by atoms with van der Waals surface area (Å²) in [5, 5.41) is 18.2. The molecule has 0 aliphatic carbocycles. The highest BCUT2D eigenvalue weighted by Gasteiger charge is 2.09. The van der Waals surface area contributed by atoms with Crippen molar-refractivity contribution in [2.45, 2.75) is 13.0 Å². The lowest BCUT2D eigenvalue weighted by Gasteiger charge is -2.00. The Balaban J connectivity index is 1.90. The van der Waals surface area contributed by atoms with Crippen LogP contribution in [-0.4, -0.2) is 25.6 Å². The molecular formula is C14H12N2O3S. The average Bonchev–Trinajstić information content (AvgIpc) is 2.98. The van der Waals surface area contributed by atoms with Gasteiger partial charge in [-0.25, -0.2) is 9.78 Å². The lowest BCUT2D eigenvalue weighted by atomic mass is 10.1. The summed E-state index contributed by atoms with van der Waals surface area (Å²) in [4.78, 5) is 17.1. The summed E-state index contributed by atoms with van der Waals surface area (Å²) in [6, 6.07) is 6.91. The third-order valence-corrected chi connectivity index (χ3v) is 4.05. The van der Waals surface area contributed by atoms with Gasteiger partial charge in [0.1, 0.15) is 0 Å². The van der Waals surface area contributed by atoms with E-state index in [1.165, 1.54) is 11.3 Å². The molecule has 0 spiro atoms. The number of fused-ring (bicyclic) bond motifs is 1. The van der Waals surface area contributed by atoms with E-state index in [0.29, 0.717) is 12.0 Å². The Morgan fingerprint density at radius 2 is 2.25 bits per heavy atom. The minimum Gasteiger partial charge on any atom is -0.478 e. The molecular weight excluding hydrogens is 276 g/mol. The molecule has 0 atom stereocenters. The van der Waals surface area contributed by atoms with Gasteiger partial charge in [0.15, 0.2) is 4.96 Å². The number of carboxylic acids is 1. The highest BCUT2D eigenvalue weighted by Crippen LogP contribution is 2.22. The Morgan fingerprint density at radius 1 is 1.40 bits per heavy atom. The maximum atomic E-state index is 10.9. The van der Waals surface area contributed by atoms with Gasteiger partial charge in [0.25, 0.3) is 0 Å². The Morgan fingerprint density at radius 3 is 3.00 bits per heavy atom. The number of carboxylic acid groups (broad SMARTS) is 1. The Kier molecular flexibility index (Phi) is 3.25. The molecule has 102 valence electrons. The van der Waals surface area contributed by atoms with E-state index >= 15 is 0 Å². The molecule has 1 aromatic carbocycles. The fourth-order valence-electron chi connectivity index (χ4n) is 2.09. The van der Waals surface area contributed by atoms with Crippen molar-refractivity contribution in [3.8, 4) is 0 Å². The Labute approximate surface area is 118 Å². The quantitative estimate of drug-likeness (QED) is 0.771. The van der Waals surface area contributed by atoms with Gasteiger partial charge in [-0.2, -0.15) is 0 Å². The highest BCUT2D eigenvalue weighted by atomic mass is 32.1. The molecule has 0 radical (unpaired) electrons. The van der Waals surface area contributed by atoms with Gasteiger partial charge in [0.05, 0.1) is 24.1 Å². The molecule has 20 heavy (non-hydrogen) atoms. The van der Waals surface area contributed by atoms with Crippen LogP contribution in [0.2, 0.25) is 0 Å². The molecule has 0 saturated carbocycles. The largest absolute Gasteiger partial charge is 0.478 e. The molecule has 0 aliphatic rings. The minimum atomic E-state index is -0.921. The number of nitrogens with zero attached hydrogens (tertiary/aromatic N) is 2. The molecule has 0 fully saturated rings. The van der Waals surface area contributed by atoms with Crippen molar-refractivity contribution >= 4 is 22.3 Å². The number of thiazole rings is 1. The van der Waals surface area contributed by atoms with E-state index in [4.69, 9.17) is 5.11 Å². The van der Waals surface area contributed by atoms with Gasteiger partial charge in [0.2, 0.25) is 0 Å². The smallest absolute Gasteiger partial charge is 0.335 e. The predicted molar refractivity (Wildman–Crippen MR) is 75.2 cm³/mol. The van der Waals surface area contributed by atoms with Crippen LogP contribution in [0.15, 0.2) is 36.7 Å².